The normalized spacial score (nSPS) is 10.3. The van der Waals surface area contributed by atoms with Gasteiger partial charge in [0.1, 0.15) is 11.6 Å². The van der Waals surface area contributed by atoms with Crippen LogP contribution in [0.3, 0.4) is 0 Å². The molecule has 3 heteroatoms. The summed E-state index contributed by atoms with van der Waals surface area (Å²) in [5.41, 5.74) is 0.923. The summed E-state index contributed by atoms with van der Waals surface area (Å²) in [6.45, 7) is 1.87. The Morgan fingerprint density at radius 3 is 2.92 bits per heavy atom. The summed E-state index contributed by atoms with van der Waals surface area (Å²) >= 11 is 0. The van der Waals surface area contributed by atoms with Crippen LogP contribution in [-0.4, -0.2) is 17.1 Å². The largest absolute Gasteiger partial charge is 0.497 e. The molecule has 0 radical (unpaired) electrons. The van der Waals surface area contributed by atoms with E-state index in [-0.39, 0.29) is 0 Å². The Morgan fingerprint density at radius 2 is 2.15 bits per heavy atom. The van der Waals surface area contributed by atoms with E-state index in [1.165, 1.54) is 0 Å². The maximum atomic E-state index is 5.10. The van der Waals surface area contributed by atoms with Gasteiger partial charge in [0.2, 0.25) is 0 Å². The molecular formula is C10H10N2O. The van der Waals surface area contributed by atoms with Crippen LogP contribution in [0.25, 0.3) is 10.9 Å². The van der Waals surface area contributed by atoms with Gasteiger partial charge in [-0.15, -0.1) is 0 Å². The van der Waals surface area contributed by atoms with Gasteiger partial charge in [-0.25, -0.2) is 9.97 Å². The molecule has 0 N–H and O–H groups in total. The summed E-state index contributed by atoms with van der Waals surface area (Å²) in [6.07, 6.45) is 1.82. The Hall–Kier alpha value is -1.64. The van der Waals surface area contributed by atoms with Crippen LogP contribution >= 0.6 is 0 Å². The third-order valence-electron chi connectivity index (χ3n) is 1.91. The summed E-state index contributed by atoms with van der Waals surface area (Å²) in [4.78, 5) is 8.40. The number of hydrogen-bond donors (Lipinski definition) is 0. The molecule has 1 aromatic carbocycles. The number of ether oxygens (including phenoxy) is 1. The highest BCUT2D eigenvalue weighted by molar-refractivity contribution is 5.79. The number of benzene rings is 1. The lowest BCUT2D eigenvalue weighted by Crippen LogP contribution is -1.89. The number of aryl methyl sites for hydroxylation is 1. The Balaban J connectivity index is 2.68. The van der Waals surface area contributed by atoms with E-state index in [4.69, 9.17) is 4.74 Å². The molecule has 0 saturated carbocycles. The quantitative estimate of drug-likeness (QED) is 0.662. The lowest BCUT2D eigenvalue weighted by Gasteiger charge is -2.01. The first-order chi connectivity index (χ1) is 6.29. The maximum Gasteiger partial charge on any atom is 0.125 e. The summed E-state index contributed by atoms with van der Waals surface area (Å²) < 4.78 is 5.10. The van der Waals surface area contributed by atoms with Gasteiger partial charge in [0.15, 0.2) is 0 Å². The summed E-state index contributed by atoms with van der Waals surface area (Å²) in [6, 6.07) is 5.76. The van der Waals surface area contributed by atoms with Gasteiger partial charge in [-0.3, -0.25) is 0 Å². The highest BCUT2D eigenvalue weighted by Crippen LogP contribution is 2.17. The molecule has 0 aliphatic carbocycles. The standard InChI is InChI=1S/C10H10N2O/c1-7-11-6-8-3-4-9(13-2)5-10(8)12-7/h3-6H,1-2H3. The Bertz CT molecular complexity index is 440. The summed E-state index contributed by atoms with van der Waals surface area (Å²) in [5.74, 6) is 1.60. The van der Waals surface area contributed by atoms with E-state index in [1.54, 1.807) is 7.11 Å². The number of aromatic nitrogens is 2. The minimum Gasteiger partial charge on any atom is -0.497 e. The van der Waals surface area contributed by atoms with E-state index >= 15 is 0 Å². The van der Waals surface area contributed by atoms with Crippen molar-refractivity contribution < 1.29 is 4.74 Å². The third kappa shape index (κ3) is 1.45. The van der Waals surface area contributed by atoms with E-state index in [9.17, 15) is 0 Å². The van der Waals surface area contributed by atoms with Crippen molar-refractivity contribution in [3.05, 3.63) is 30.2 Å². The highest BCUT2D eigenvalue weighted by Gasteiger charge is 1.97. The summed E-state index contributed by atoms with van der Waals surface area (Å²) in [5, 5.41) is 1.03. The van der Waals surface area contributed by atoms with Crippen molar-refractivity contribution in [1.29, 1.82) is 0 Å². The molecular weight excluding hydrogens is 164 g/mol. The fourth-order valence-corrected chi connectivity index (χ4v) is 1.22. The second-order valence-corrected chi connectivity index (χ2v) is 2.84. The minimum atomic E-state index is 0.778. The molecule has 66 valence electrons. The van der Waals surface area contributed by atoms with Crippen molar-refractivity contribution in [3.8, 4) is 5.75 Å². The van der Waals surface area contributed by atoms with Crippen LogP contribution in [0.5, 0.6) is 5.75 Å². The van der Waals surface area contributed by atoms with Crippen LogP contribution < -0.4 is 4.74 Å². The van der Waals surface area contributed by atoms with Crippen molar-refractivity contribution in [2.24, 2.45) is 0 Å². The fraction of sp³-hybridized carbons (Fsp3) is 0.200. The molecule has 1 aromatic heterocycles. The maximum absolute atomic E-state index is 5.10. The average molecular weight is 174 g/mol. The Morgan fingerprint density at radius 1 is 1.31 bits per heavy atom. The van der Waals surface area contributed by atoms with Gasteiger partial charge in [-0.2, -0.15) is 0 Å². The van der Waals surface area contributed by atoms with Gasteiger partial charge in [0.05, 0.1) is 12.6 Å². The predicted molar refractivity (Wildman–Crippen MR) is 50.8 cm³/mol. The van der Waals surface area contributed by atoms with E-state index in [0.717, 1.165) is 22.5 Å². The Labute approximate surface area is 76.4 Å². The topological polar surface area (TPSA) is 35.0 Å². The first-order valence-electron chi connectivity index (χ1n) is 4.07. The highest BCUT2D eigenvalue weighted by atomic mass is 16.5. The molecule has 0 saturated heterocycles. The molecule has 0 bridgehead atoms. The van der Waals surface area contributed by atoms with Gasteiger partial charge >= 0.3 is 0 Å². The molecule has 0 aliphatic rings. The lowest BCUT2D eigenvalue weighted by atomic mass is 10.2. The molecule has 1 heterocycles. The van der Waals surface area contributed by atoms with E-state index in [0.29, 0.717) is 0 Å². The van der Waals surface area contributed by atoms with Gasteiger partial charge < -0.3 is 4.74 Å². The molecule has 0 atom stereocenters. The van der Waals surface area contributed by atoms with Gasteiger partial charge in [0.25, 0.3) is 0 Å². The number of nitrogens with zero attached hydrogens (tertiary/aromatic N) is 2. The van der Waals surface area contributed by atoms with Crippen molar-refractivity contribution in [1.82, 2.24) is 9.97 Å². The van der Waals surface area contributed by atoms with Gasteiger partial charge in [-0.1, -0.05) is 0 Å². The van der Waals surface area contributed by atoms with Crippen molar-refractivity contribution in [3.63, 3.8) is 0 Å². The number of methoxy groups -OCH3 is 1. The van der Waals surface area contributed by atoms with Crippen LogP contribution in [0.2, 0.25) is 0 Å². The second-order valence-electron chi connectivity index (χ2n) is 2.84. The molecule has 0 fully saturated rings. The molecule has 3 nitrogen and oxygen atoms in total. The van der Waals surface area contributed by atoms with E-state index in [2.05, 4.69) is 9.97 Å². The van der Waals surface area contributed by atoms with Crippen LogP contribution in [0.15, 0.2) is 24.4 Å². The van der Waals surface area contributed by atoms with Crippen LogP contribution in [0.1, 0.15) is 5.82 Å². The van der Waals surface area contributed by atoms with Gasteiger partial charge in [-0.05, 0) is 19.1 Å². The van der Waals surface area contributed by atoms with Crippen LogP contribution in [0.4, 0.5) is 0 Å². The lowest BCUT2D eigenvalue weighted by molar-refractivity contribution is 0.415. The number of hydrogen-bond acceptors (Lipinski definition) is 3. The first kappa shape index (κ1) is 7.98. The molecule has 0 spiro atoms. The van der Waals surface area contributed by atoms with Gasteiger partial charge in [0, 0.05) is 17.6 Å². The zero-order valence-electron chi connectivity index (χ0n) is 7.61. The number of fused-ring (bicyclic) bond motifs is 1. The Kier molecular flexibility index (Phi) is 1.85. The third-order valence-corrected chi connectivity index (χ3v) is 1.91. The molecule has 13 heavy (non-hydrogen) atoms. The van der Waals surface area contributed by atoms with Crippen molar-refractivity contribution in [2.45, 2.75) is 6.92 Å². The second kappa shape index (κ2) is 3.01. The monoisotopic (exact) mass is 174 g/mol. The first-order valence-corrected chi connectivity index (χ1v) is 4.07. The van der Waals surface area contributed by atoms with E-state index in [1.807, 2.05) is 31.3 Å². The van der Waals surface area contributed by atoms with Crippen LogP contribution in [-0.2, 0) is 0 Å². The number of rotatable bonds is 1. The molecule has 0 unspecified atom stereocenters. The molecule has 2 aromatic rings. The molecule has 0 aliphatic heterocycles. The zero-order valence-corrected chi connectivity index (χ0v) is 7.61. The van der Waals surface area contributed by atoms with E-state index < -0.39 is 0 Å². The van der Waals surface area contributed by atoms with Crippen molar-refractivity contribution in [2.75, 3.05) is 7.11 Å². The smallest absolute Gasteiger partial charge is 0.125 e. The molecule has 0 amide bonds. The zero-order chi connectivity index (χ0) is 9.26. The summed E-state index contributed by atoms with van der Waals surface area (Å²) in [7, 11) is 1.65. The fourth-order valence-electron chi connectivity index (χ4n) is 1.22. The van der Waals surface area contributed by atoms with Crippen molar-refractivity contribution >= 4 is 10.9 Å². The molecule has 2 rings (SSSR count). The minimum absolute atomic E-state index is 0.778. The average Bonchev–Trinajstić information content (AvgIpc) is 2.16. The SMILES string of the molecule is COc1ccc2cnc(C)nc2c1. The predicted octanol–water partition coefficient (Wildman–Crippen LogP) is 1.95. The van der Waals surface area contributed by atoms with Crippen LogP contribution in [0, 0.1) is 6.92 Å².